The normalized spacial score (nSPS) is 18.2. The van der Waals surface area contributed by atoms with E-state index in [-0.39, 0.29) is 5.78 Å². The maximum atomic E-state index is 11.0. The summed E-state index contributed by atoms with van der Waals surface area (Å²) in [6.45, 7) is 1.69. The Balaban J connectivity index is 2.36. The molecular weight excluding hydrogens is 160 g/mol. The lowest BCUT2D eigenvalue weighted by Crippen LogP contribution is -2.03. The molecular formula is C12H16O. The largest absolute Gasteiger partial charge is 0.280 e. The van der Waals surface area contributed by atoms with Gasteiger partial charge in [-0.15, -0.1) is 0 Å². The van der Waals surface area contributed by atoms with Crippen molar-refractivity contribution in [2.75, 3.05) is 0 Å². The standard InChI is InChI=1S/C12H16O/c1-2-6-12(13)10-9-11-7-4-3-5-8-11/h9-11H,3-5,7-8H2,1H3/b10-9-. The average molecular weight is 176 g/mol. The van der Waals surface area contributed by atoms with Gasteiger partial charge in [-0.05, 0) is 37.7 Å². The second kappa shape index (κ2) is 5.59. The van der Waals surface area contributed by atoms with Crippen LogP contribution in [0.15, 0.2) is 12.2 Å². The van der Waals surface area contributed by atoms with Crippen molar-refractivity contribution in [2.24, 2.45) is 5.92 Å². The third-order valence-corrected chi connectivity index (χ3v) is 2.42. The highest BCUT2D eigenvalue weighted by Gasteiger charge is 2.09. The van der Waals surface area contributed by atoms with E-state index in [0.29, 0.717) is 5.92 Å². The number of hydrogen-bond acceptors (Lipinski definition) is 1. The minimum absolute atomic E-state index is 0.0620. The molecule has 0 spiro atoms. The Labute approximate surface area is 80.2 Å². The van der Waals surface area contributed by atoms with Crippen LogP contribution in [0.1, 0.15) is 39.0 Å². The molecule has 0 aromatic heterocycles. The highest BCUT2D eigenvalue weighted by molar-refractivity contribution is 6.04. The zero-order chi connectivity index (χ0) is 9.52. The summed E-state index contributed by atoms with van der Waals surface area (Å²) >= 11 is 0. The molecule has 0 heterocycles. The van der Waals surface area contributed by atoms with Crippen molar-refractivity contribution in [1.29, 1.82) is 0 Å². The molecule has 0 atom stereocenters. The molecule has 1 rings (SSSR count). The van der Waals surface area contributed by atoms with Gasteiger partial charge >= 0.3 is 0 Å². The van der Waals surface area contributed by atoms with Gasteiger partial charge in [0.1, 0.15) is 0 Å². The summed E-state index contributed by atoms with van der Waals surface area (Å²) < 4.78 is 0. The second-order valence-corrected chi connectivity index (χ2v) is 3.50. The summed E-state index contributed by atoms with van der Waals surface area (Å²) in [5.41, 5.74) is 0. The smallest absolute Gasteiger partial charge is 0.228 e. The van der Waals surface area contributed by atoms with Crippen LogP contribution in [0.3, 0.4) is 0 Å². The zero-order valence-electron chi connectivity index (χ0n) is 8.18. The molecule has 1 nitrogen and oxygen atoms in total. The first-order chi connectivity index (χ1) is 6.33. The number of ketones is 1. The fourth-order valence-corrected chi connectivity index (χ4v) is 1.71. The van der Waals surface area contributed by atoms with Gasteiger partial charge in [-0.25, -0.2) is 0 Å². The summed E-state index contributed by atoms with van der Waals surface area (Å²) in [6.07, 6.45) is 10.1. The fraction of sp³-hybridized carbons (Fsp3) is 0.583. The second-order valence-electron chi connectivity index (χ2n) is 3.50. The summed E-state index contributed by atoms with van der Waals surface area (Å²) in [5, 5.41) is 0. The molecule has 0 N–H and O–H groups in total. The topological polar surface area (TPSA) is 17.1 Å². The molecule has 0 aromatic rings. The van der Waals surface area contributed by atoms with Gasteiger partial charge in [-0.3, -0.25) is 4.79 Å². The van der Waals surface area contributed by atoms with E-state index in [1.807, 2.05) is 6.08 Å². The summed E-state index contributed by atoms with van der Waals surface area (Å²) in [4.78, 5) is 11.0. The number of carbonyl (C=O) groups excluding carboxylic acids is 1. The van der Waals surface area contributed by atoms with Gasteiger partial charge in [0.25, 0.3) is 0 Å². The molecule has 1 saturated carbocycles. The molecule has 1 aliphatic rings. The van der Waals surface area contributed by atoms with Crippen molar-refractivity contribution < 1.29 is 4.79 Å². The fourth-order valence-electron chi connectivity index (χ4n) is 1.71. The van der Waals surface area contributed by atoms with E-state index in [9.17, 15) is 4.79 Å². The van der Waals surface area contributed by atoms with Crippen LogP contribution in [-0.4, -0.2) is 5.78 Å². The Kier molecular flexibility index (Phi) is 4.32. The van der Waals surface area contributed by atoms with Crippen LogP contribution in [0.5, 0.6) is 0 Å². The summed E-state index contributed by atoms with van der Waals surface area (Å²) in [5.74, 6) is 5.67. The lowest BCUT2D eigenvalue weighted by atomic mass is 9.89. The Morgan fingerprint density at radius 2 is 2.00 bits per heavy atom. The van der Waals surface area contributed by atoms with Gasteiger partial charge in [-0.2, -0.15) is 0 Å². The van der Waals surface area contributed by atoms with E-state index in [4.69, 9.17) is 0 Å². The molecule has 0 aromatic carbocycles. The van der Waals surface area contributed by atoms with Gasteiger partial charge < -0.3 is 0 Å². The quantitative estimate of drug-likeness (QED) is 0.359. The monoisotopic (exact) mass is 176 g/mol. The Morgan fingerprint density at radius 1 is 1.31 bits per heavy atom. The first-order valence-electron chi connectivity index (χ1n) is 4.98. The number of carbonyl (C=O) groups is 1. The Hall–Kier alpha value is -1.03. The molecule has 13 heavy (non-hydrogen) atoms. The van der Waals surface area contributed by atoms with Crippen molar-refractivity contribution in [1.82, 2.24) is 0 Å². The average Bonchev–Trinajstić information content (AvgIpc) is 2.17. The van der Waals surface area contributed by atoms with Gasteiger partial charge in [0, 0.05) is 0 Å². The van der Waals surface area contributed by atoms with Crippen molar-refractivity contribution >= 4 is 5.78 Å². The molecule has 1 fully saturated rings. The molecule has 1 aliphatic carbocycles. The van der Waals surface area contributed by atoms with Crippen molar-refractivity contribution in [3.8, 4) is 11.8 Å². The van der Waals surface area contributed by atoms with Crippen molar-refractivity contribution in [3.63, 3.8) is 0 Å². The van der Waals surface area contributed by atoms with E-state index < -0.39 is 0 Å². The minimum atomic E-state index is -0.0620. The van der Waals surface area contributed by atoms with Crippen molar-refractivity contribution in [3.05, 3.63) is 12.2 Å². The number of rotatable bonds is 2. The molecule has 0 radical (unpaired) electrons. The van der Waals surface area contributed by atoms with E-state index in [2.05, 4.69) is 11.8 Å². The molecule has 0 bridgehead atoms. The molecule has 0 aliphatic heterocycles. The predicted molar refractivity (Wildman–Crippen MR) is 54.2 cm³/mol. The van der Waals surface area contributed by atoms with E-state index in [1.165, 1.54) is 32.1 Å². The third kappa shape index (κ3) is 3.94. The van der Waals surface area contributed by atoms with Gasteiger partial charge in [0.05, 0.1) is 0 Å². The van der Waals surface area contributed by atoms with E-state index in [0.717, 1.165) is 0 Å². The van der Waals surface area contributed by atoms with Crippen LogP contribution >= 0.6 is 0 Å². The molecule has 0 unspecified atom stereocenters. The van der Waals surface area contributed by atoms with E-state index in [1.54, 1.807) is 13.0 Å². The summed E-state index contributed by atoms with van der Waals surface area (Å²) in [6, 6.07) is 0. The zero-order valence-corrected chi connectivity index (χ0v) is 8.18. The predicted octanol–water partition coefficient (Wildman–Crippen LogP) is 2.72. The van der Waals surface area contributed by atoms with Crippen LogP contribution < -0.4 is 0 Å². The SMILES string of the molecule is CC#CC(=O)/C=C\C1CCCCC1. The maximum Gasteiger partial charge on any atom is 0.228 e. The number of hydrogen-bond donors (Lipinski definition) is 0. The number of allylic oxidation sites excluding steroid dienone is 2. The highest BCUT2D eigenvalue weighted by atomic mass is 16.1. The maximum absolute atomic E-state index is 11.0. The Morgan fingerprint density at radius 3 is 2.62 bits per heavy atom. The summed E-state index contributed by atoms with van der Waals surface area (Å²) in [7, 11) is 0. The minimum Gasteiger partial charge on any atom is -0.280 e. The van der Waals surface area contributed by atoms with Crippen LogP contribution in [0.25, 0.3) is 0 Å². The first-order valence-corrected chi connectivity index (χ1v) is 4.98. The third-order valence-electron chi connectivity index (χ3n) is 2.42. The highest BCUT2D eigenvalue weighted by Crippen LogP contribution is 2.24. The van der Waals surface area contributed by atoms with Gasteiger partial charge in [0.2, 0.25) is 5.78 Å². The van der Waals surface area contributed by atoms with Crippen LogP contribution in [0, 0.1) is 17.8 Å². The molecule has 0 amide bonds. The van der Waals surface area contributed by atoms with Crippen molar-refractivity contribution in [2.45, 2.75) is 39.0 Å². The Bertz CT molecular complexity index is 246. The molecule has 70 valence electrons. The molecule has 1 heteroatoms. The van der Waals surface area contributed by atoms with Crippen LogP contribution in [0.2, 0.25) is 0 Å². The van der Waals surface area contributed by atoms with Gasteiger partial charge in [0.15, 0.2) is 0 Å². The lowest BCUT2D eigenvalue weighted by Gasteiger charge is -2.17. The van der Waals surface area contributed by atoms with Crippen LogP contribution in [-0.2, 0) is 4.79 Å². The van der Waals surface area contributed by atoms with Crippen LogP contribution in [0.4, 0.5) is 0 Å². The lowest BCUT2D eigenvalue weighted by molar-refractivity contribution is -0.109. The van der Waals surface area contributed by atoms with E-state index >= 15 is 0 Å². The molecule has 0 saturated heterocycles. The van der Waals surface area contributed by atoms with Gasteiger partial charge in [-0.1, -0.05) is 31.3 Å². The first kappa shape index (κ1) is 10.1.